The number of hydrogen-bond acceptors (Lipinski definition) is 3. The molecule has 1 aromatic carbocycles. The molecular weight excluding hydrogens is 303 g/mol. The fourth-order valence-electron chi connectivity index (χ4n) is 1.46. The van der Waals surface area contributed by atoms with Gasteiger partial charge in [-0.25, -0.2) is 0 Å². The van der Waals surface area contributed by atoms with Crippen LogP contribution in [-0.4, -0.2) is 16.4 Å². The average Bonchev–Trinajstić information content (AvgIpc) is 2.32. The predicted molar refractivity (Wildman–Crippen MR) is 86.3 cm³/mol. The lowest BCUT2D eigenvalue weighted by Crippen LogP contribution is -2.24. The normalized spacial score (nSPS) is 13.9. The van der Waals surface area contributed by atoms with E-state index in [0.717, 1.165) is 6.42 Å². The van der Waals surface area contributed by atoms with E-state index in [4.69, 9.17) is 28.9 Å². The van der Waals surface area contributed by atoms with Crippen molar-refractivity contribution in [3.05, 3.63) is 22.2 Å². The molecular formula is C13H18Cl2N2OS. The number of amides is 1. The first-order valence-electron chi connectivity index (χ1n) is 6.06. The molecule has 0 heterocycles. The Morgan fingerprint density at radius 3 is 2.58 bits per heavy atom. The summed E-state index contributed by atoms with van der Waals surface area (Å²) in [7, 11) is 0. The molecule has 1 rings (SSSR count). The summed E-state index contributed by atoms with van der Waals surface area (Å²) in [6.45, 7) is 6.06. The summed E-state index contributed by atoms with van der Waals surface area (Å²) in [5, 5.41) is 3.82. The van der Waals surface area contributed by atoms with E-state index in [1.807, 2.05) is 6.92 Å². The highest BCUT2D eigenvalue weighted by atomic mass is 35.5. The van der Waals surface area contributed by atoms with Crippen LogP contribution in [0.4, 0.5) is 11.4 Å². The second-order valence-corrected chi connectivity index (χ2v) is 6.97. The minimum absolute atomic E-state index is 0.110. The lowest BCUT2D eigenvalue weighted by molar-refractivity contribution is -0.115. The molecule has 3 nitrogen and oxygen atoms in total. The summed E-state index contributed by atoms with van der Waals surface area (Å²) < 4.78 is 0. The van der Waals surface area contributed by atoms with Crippen LogP contribution in [0.3, 0.4) is 0 Å². The van der Waals surface area contributed by atoms with Crippen molar-refractivity contribution in [3.63, 3.8) is 0 Å². The number of anilines is 2. The molecule has 2 unspecified atom stereocenters. The van der Waals surface area contributed by atoms with E-state index < -0.39 is 0 Å². The van der Waals surface area contributed by atoms with Gasteiger partial charge in [0.25, 0.3) is 0 Å². The molecule has 0 spiro atoms. The molecule has 1 amide bonds. The quantitative estimate of drug-likeness (QED) is 0.789. The number of nitrogens with one attached hydrogen (secondary N) is 1. The van der Waals surface area contributed by atoms with Crippen LogP contribution in [0, 0.1) is 0 Å². The number of nitrogen functional groups attached to an aromatic ring is 1. The molecule has 2 atom stereocenters. The third-order valence-electron chi connectivity index (χ3n) is 2.71. The van der Waals surface area contributed by atoms with Crippen molar-refractivity contribution in [1.82, 2.24) is 0 Å². The van der Waals surface area contributed by atoms with Crippen LogP contribution in [0.5, 0.6) is 0 Å². The Hall–Kier alpha value is -0.580. The van der Waals surface area contributed by atoms with Crippen LogP contribution in [-0.2, 0) is 4.79 Å². The first kappa shape index (κ1) is 16.5. The predicted octanol–water partition coefficient (Wildman–Crippen LogP) is 4.43. The zero-order chi connectivity index (χ0) is 14.6. The fraction of sp³-hybridized carbons (Fsp3) is 0.462. The maximum atomic E-state index is 12.1. The number of rotatable bonds is 5. The molecule has 19 heavy (non-hydrogen) atoms. The van der Waals surface area contributed by atoms with Crippen molar-refractivity contribution >= 4 is 52.2 Å². The maximum absolute atomic E-state index is 12.1. The lowest BCUT2D eigenvalue weighted by Gasteiger charge is -2.17. The van der Waals surface area contributed by atoms with E-state index in [0.29, 0.717) is 26.7 Å². The van der Waals surface area contributed by atoms with Gasteiger partial charge in [0.15, 0.2) is 0 Å². The van der Waals surface area contributed by atoms with Gasteiger partial charge in [0.05, 0.1) is 21.6 Å². The zero-order valence-electron chi connectivity index (χ0n) is 11.2. The summed E-state index contributed by atoms with van der Waals surface area (Å²) >= 11 is 13.5. The number of nitrogens with two attached hydrogens (primary N) is 1. The Balaban J connectivity index is 2.77. The van der Waals surface area contributed by atoms with Crippen molar-refractivity contribution in [1.29, 1.82) is 0 Å². The molecule has 1 aromatic rings. The summed E-state index contributed by atoms with van der Waals surface area (Å²) in [6, 6.07) is 3.12. The first-order valence-corrected chi connectivity index (χ1v) is 7.75. The Kier molecular flexibility index (Phi) is 6.30. The smallest absolute Gasteiger partial charge is 0.237 e. The highest BCUT2D eigenvalue weighted by Crippen LogP contribution is 2.32. The number of halogens is 2. The second-order valence-electron chi connectivity index (χ2n) is 4.34. The molecule has 0 saturated heterocycles. The van der Waals surface area contributed by atoms with E-state index in [1.165, 1.54) is 0 Å². The number of carbonyl (C=O) groups is 1. The Morgan fingerprint density at radius 1 is 1.42 bits per heavy atom. The average molecular weight is 321 g/mol. The molecule has 0 radical (unpaired) electrons. The van der Waals surface area contributed by atoms with Gasteiger partial charge in [-0.1, -0.05) is 37.0 Å². The Labute approximate surface area is 128 Å². The lowest BCUT2D eigenvalue weighted by atomic mass is 10.2. The number of hydrogen-bond donors (Lipinski definition) is 2. The van der Waals surface area contributed by atoms with Crippen molar-refractivity contribution in [2.45, 2.75) is 37.7 Å². The second kappa shape index (κ2) is 7.27. The van der Waals surface area contributed by atoms with Gasteiger partial charge >= 0.3 is 0 Å². The summed E-state index contributed by atoms with van der Waals surface area (Å²) in [4.78, 5) is 12.1. The minimum Gasteiger partial charge on any atom is -0.397 e. The van der Waals surface area contributed by atoms with Gasteiger partial charge < -0.3 is 11.1 Å². The van der Waals surface area contributed by atoms with E-state index in [9.17, 15) is 4.79 Å². The van der Waals surface area contributed by atoms with Crippen molar-refractivity contribution in [2.24, 2.45) is 0 Å². The fourth-order valence-corrected chi connectivity index (χ4v) is 3.09. The van der Waals surface area contributed by atoms with Crippen LogP contribution in [0.25, 0.3) is 0 Å². The van der Waals surface area contributed by atoms with Crippen LogP contribution in [0.2, 0.25) is 10.0 Å². The SMILES string of the molecule is CCC(C)SC(C)C(=O)Nc1c(N)cc(Cl)cc1Cl. The Bertz CT molecular complexity index is 445. The van der Waals surface area contributed by atoms with Crippen molar-refractivity contribution in [2.75, 3.05) is 11.1 Å². The van der Waals surface area contributed by atoms with Gasteiger partial charge in [0.2, 0.25) is 5.91 Å². The van der Waals surface area contributed by atoms with Gasteiger partial charge in [-0.15, -0.1) is 11.8 Å². The molecule has 3 N–H and O–H groups in total. The number of carbonyl (C=O) groups excluding carboxylic acids is 1. The van der Waals surface area contributed by atoms with Crippen LogP contribution in [0.15, 0.2) is 12.1 Å². The van der Waals surface area contributed by atoms with Gasteiger partial charge in [-0.3, -0.25) is 4.79 Å². The summed E-state index contributed by atoms with van der Waals surface area (Å²) in [6.07, 6.45) is 1.02. The molecule has 0 fully saturated rings. The highest BCUT2D eigenvalue weighted by Gasteiger charge is 2.18. The molecule has 0 aliphatic heterocycles. The Morgan fingerprint density at radius 2 is 2.05 bits per heavy atom. The molecule has 106 valence electrons. The standard InChI is InChI=1S/C13H18Cl2N2OS/c1-4-7(2)19-8(3)13(18)17-12-10(15)5-9(14)6-11(12)16/h5-8H,4,16H2,1-3H3,(H,17,18). The largest absolute Gasteiger partial charge is 0.397 e. The molecule has 0 aliphatic carbocycles. The highest BCUT2D eigenvalue weighted by molar-refractivity contribution is 8.01. The summed E-state index contributed by atoms with van der Waals surface area (Å²) in [5.41, 5.74) is 6.60. The van der Waals surface area contributed by atoms with E-state index in [-0.39, 0.29) is 11.2 Å². The van der Waals surface area contributed by atoms with Gasteiger partial charge in [0.1, 0.15) is 0 Å². The van der Waals surface area contributed by atoms with Crippen LogP contribution < -0.4 is 11.1 Å². The topological polar surface area (TPSA) is 55.1 Å². The third-order valence-corrected chi connectivity index (χ3v) is 4.65. The van der Waals surface area contributed by atoms with Gasteiger partial charge in [-0.2, -0.15) is 0 Å². The zero-order valence-corrected chi connectivity index (χ0v) is 13.5. The maximum Gasteiger partial charge on any atom is 0.237 e. The molecule has 0 bridgehead atoms. The molecule has 0 aliphatic rings. The third kappa shape index (κ3) is 4.79. The van der Waals surface area contributed by atoms with E-state index in [1.54, 1.807) is 23.9 Å². The van der Waals surface area contributed by atoms with Crippen molar-refractivity contribution in [3.8, 4) is 0 Å². The molecule has 0 saturated carbocycles. The van der Waals surface area contributed by atoms with Crippen LogP contribution in [0.1, 0.15) is 27.2 Å². The first-order chi connectivity index (χ1) is 8.85. The molecule has 6 heteroatoms. The number of thioether (sulfide) groups is 1. The monoisotopic (exact) mass is 320 g/mol. The molecule has 0 aromatic heterocycles. The van der Waals surface area contributed by atoms with E-state index in [2.05, 4.69) is 19.2 Å². The van der Waals surface area contributed by atoms with Crippen LogP contribution >= 0.6 is 35.0 Å². The van der Waals surface area contributed by atoms with Crippen molar-refractivity contribution < 1.29 is 4.79 Å². The van der Waals surface area contributed by atoms with E-state index >= 15 is 0 Å². The van der Waals surface area contributed by atoms with Gasteiger partial charge in [0, 0.05) is 10.3 Å². The van der Waals surface area contributed by atoms with Gasteiger partial charge in [-0.05, 0) is 25.5 Å². The number of benzene rings is 1. The summed E-state index contributed by atoms with van der Waals surface area (Å²) in [5.74, 6) is -0.110. The minimum atomic E-state index is -0.166.